The molecule has 43 heteroatoms. The molecule has 40 nitrogen and oxygen atoms in total. The number of piperazine rings is 3. The number of carbonyl (C=O) groups excluding carboxylic acids is 7. The quantitative estimate of drug-likeness (QED) is 0.00751. The molecule has 0 unspecified atom stereocenters. The fourth-order valence-corrected chi connectivity index (χ4v) is 15.1. The predicted octanol–water partition coefficient (Wildman–Crippen LogP) is 8.01. The van der Waals surface area contributed by atoms with Crippen molar-refractivity contribution in [3.05, 3.63) is 126 Å². The van der Waals surface area contributed by atoms with Gasteiger partial charge in [0.2, 0.25) is 29.5 Å². The third-order valence-corrected chi connectivity index (χ3v) is 22.6. The van der Waals surface area contributed by atoms with E-state index in [1.165, 1.54) is 40.2 Å². The number of aromatic amines is 3. The van der Waals surface area contributed by atoms with Crippen LogP contribution in [-0.4, -0.2) is 292 Å². The maximum atomic E-state index is 12.7. The van der Waals surface area contributed by atoms with Crippen LogP contribution in [0.4, 0.5) is 74.2 Å². The van der Waals surface area contributed by atoms with Crippen LogP contribution in [0, 0.1) is 38.5 Å². The van der Waals surface area contributed by atoms with Gasteiger partial charge in [-0.05, 0) is 167 Å². The number of aromatic nitrogens is 12. The van der Waals surface area contributed by atoms with E-state index >= 15 is 0 Å². The summed E-state index contributed by atoms with van der Waals surface area (Å²) in [6.07, 6.45) is 5.12. The van der Waals surface area contributed by atoms with Gasteiger partial charge < -0.3 is 105 Å². The molecule has 3 saturated carbocycles. The highest BCUT2D eigenvalue weighted by Crippen LogP contribution is 2.37. The first-order valence-corrected chi connectivity index (χ1v) is 43.9. The molecule has 15 rings (SSSR count). The lowest BCUT2D eigenvalue weighted by atomic mass is 10.3. The molecule has 670 valence electrons. The Bertz CT molecular complexity index is 5080. The monoisotopic (exact) mass is 1790 g/mol. The Labute approximate surface area is 739 Å². The number of amides is 6. The second kappa shape index (κ2) is 46.4. The number of esters is 1. The fraction of sp³-hybridized carbons (Fsp3) is 0.446. The zero-order valence-electron chi connectivity index (χ0n) is 70.4. The number of hydrogen-bond acceptors (Lipinski definition) is 34. The molecule has 6 aliphatic rings. The average molecular weight is 1790 g/mol. The number of hydrogen-bond donors (Lipinski definition) is 11. The molecule has 6 amide bonds. The first kappa shape index (κ1) is 91.9. The first-order chi connectivity index (χ1) is 61.3. The molecule has 126 heavy (non-hydrogen) atoms. The van der Waals surface area contributed by atoms with Crippen molar-refractivity contribution in [3.8, 4) is 0 Å². The Kier molecular flexibility index (Phi) is 33.8. The number of H-pyrrole nitrogens is 3. The highest BCUT2D eigenvalue weighted by molar-refractivity contribution is 7.99. The molecule has 0 radical (unpaired) electrons. The van der Waals surface area contributed by atoms with Gasteiger partial charge in [-0.3, -0.25) is 39.3 Å². The fourth-order valence-electron chi connectivity index (χ4n) is 12.8. The molecule has 6 aromatic heterocycles. The number of aryl methyl sites for hydroxylation is 3. The number of benzene rings is 3. The summed E-state index contributed by atoms with van der Waals surface area (Å²) in [5, 5.41) is 59.1. The van der Waals surface area contributed by atoms with Crippen LogP contribution in [0.15, 0.2) is 139 Å². The molecule has 3 aromatic carbocycles. The number of anilines is 12. The van der Waals surface area contributed by atoms with E-state index in [2.05, 4.69) is 82.0 Å². The molecule has 3 saturated heterocycles. The smallest absolute Gasteiger partial charge is 0.410 e. The summed E-state index contributed by atoms with van der Waals surface area (Å²) >= 11 is 4.25. The SMILES string of the molecule is COCCOCCOCC(=O)N1CCN(c2cc(Nc3cc(C)[nH]n3)nc(Sc3ccc(NC(=O)C4CC4)cc3)n2)CC1.Cc1cc(Nc2cc(N3CCN(C(=O)COCCOCCO)CC3)nc(Sc3ccc(NC(=O)C4CC4)cc3)n2)n[nH]1.Cc1cc(Nc2cc(N3CCN(C(=O)OCC(=O)OCO)CC3)nc(Sc3ccc(NC(=O)C4CC4)cc3)n2)n[nH]1. The van der Waals surface area contributed by atoms with Gasteiger partial charge in [-0.2, -0.15) is 15.3 Å². The van der Waals surface area contributed by atoms with Crippen molar-refractivity contribution in [2.45, 2.75) is 89.5 Å². The number of rotatable bonds is 39. The molecular weight excluding hydrogens is 1690 g/mol. The Balaban J connectivity index is 0.000000162. The van der Waals surface area contributed by atoms with E-state index in [-0.39, 0.29) is 73.7 Å². The molecule has 3 aliphatic heterocycles. The minimum Gasteiger partial charge on any atom is -0.437 e. The predicted molar refractivity (Wildman–Crippen MR) is 470 cm³/mol. The van der Waals surface area contributed by atoms with Crippen molar-refractivity contribution in [2.75, 3.05) is 212 Å². The van der Waals surface area contributed by atoms with Crippen LogP contribution in [0.1, 0.15) is 55.6 Å². The normalized spacial score (nSPS) is 15.0. The van der Waals surface area contributed by atoms with Gasteiger partial charge >= 0.3 is 12.1 Å². The molecule has 9 heterocycles. The van der Waals surface area contributed by atoms with E-state index < -0.39 is 25.5 Å². The minimum absolute atomic E-state index is 0.00299. The summed E-state index contributed by atoms with van der Waals surface area (Å²) in [5.41, 5.74) is 5.06. The van der Waals surface area contributed by atoms with Gasteiger partial charge in [0.05, 0.1) is 52.9 Å². The number of ether oxygens (including phenoxy) is 7. The van der Waals surface area contributed by atoms with Gasteiger partial charge in [-0.1, -0.05) is 0 Å². The van der Waals surface area contributed by atoms with Crippen molar-refractivity contribution in [1.29, 1.82) is 0 Å². The van der Waals surface area contributed by atoms with Gasteiger partial charge in [-0.25, -0.2) is 39.5 Å². The van der Waals surface area contributed by atoms with Crippen molar-refractivity contribution < 1.29 is 76.9 Å². The maximum Gasteiger partial charge on any atom is 0.410 e. The van der Waals surface area contributed by atoms with Crippen LogP contribution >= 0.6 is 35.3 Å². The number of carbonyl (C=O) groups is 7. The highest BCUT2D eigenvalue weighted by atomic mass is 32.2. The summed E-state index contributed by atoms with van der Waals surface area (Å²) < 4.78 is 35.7. The van der Waals surface area contributed by atoms with Gasteiger partial charge in [0.1, 0.15) is 48.1 Å². The lowest BCUT2D eigenvalue weighted by Crippen LogP contribution is -2.50. The Hall–Kier alpha value is -11.8. The summed E-state index contributed by atoms with van der Waals surface area (Å²) in [6, 6.07) is 34.2. The third-order valence-electron chi connectivity index (χ3n) is 20.0. The number of aliphatic hydroxyl groups excluding tert-OH is 2. The van der Waals surface area contributed by atoms with Gasteiger partial charge in [0.15, 0.2) is 46.3 Å². The van der Waals surface area contributed by atoms with Crippen molar-refractivity contribution in [2.24, 2.45) is 17.8 Å². The van der Waals surface area contributed by atoms with E-state index in [0.29, 0.717) is 174 Å². The summed E-state index contributed by atoms with van der Waals surface area (Å²) in [5.74, 6) is 5.62. The van der Waals surface area contributed by atoms with Crippen LogP contribution in [0.5, 0.6) is 0 Å². The number of aliphatic hydroxyl groups is 2. The van der Waals surface area contributed by atoms with Crippen molar-refractivity contribution >= 4 is 146 Å². The highest BCUT2D eigenvalue weighted by Gasteiger charge is 2.33. The lowest BCUT2D eigenvalue weighted by Gasteiger charge is -2.35. The van der Waals surface area contributed by atoms with Crippen LogP contribution < -0.4 is 46.6 Å². The van der Waals surface area contributed by atoms with E-state index in [4.69, 9.17) is 63.6 Å². The van der Waals surface area contributed by atoms with E-state index in [1.54, 1.807) is 12.0 Å². The van der Waals surface area contributed by atoms with E-state index in [1.807, 2.05) is 140 Å². The van der Waals surface area contributed by atoms with Crippen LogP contribution in [-0.2, 0) is 61.9 Å². The summed E-state index contributed by atoms with van der Waals surface area (Å²) in [6.45, 7) is 13.5. The minimum atomic E-state index is -0.824. The van der Waals surface area contributed by atoms with Crippen LogP contribution in [0.2, 0.25) is 0 Å². The number of methoxy groups -OCH3 is 1. The summed E-state index contributed by atoms with van der Waals surface area (Å²) in [7, 11) is 1.62. The standard InChI is InChI=1S/C29H38N8O5S.C28H36N8O5S.C26H30N8O6S/c1-20-17-25(35-34-20)31-24-18-26(36-9-11-37(12-10-36)27(38)19-42-16-15-41-14-13-40-2)33-29(32-24)43-23-7-5-22(6-8-23)30-28(39)21-3-4-21;1-19-16-24(34-33-19)30-23-17-25(35-8-10-36(11-9-35)26(38)18-41-15-14-40-13-12-37)32-28(31-23)42-22-6-4-21(5-7-22)29-27(39)20-2-3-20;1-16-12-21(32-31-16)28-20-13-22(33-8-10-34(11-9-33)26(38)39-14-23(36)40-15-35)30-25(29-20)41-19-6-4-18(5-7-19)27-24(37)17-2-3-17/h5-8,17-18,21H,3-4,9-16,19H2,1-2H3,(H,30,39)(H2,31,32,33,34,35);4-7,16-17,20,37H,2-3,8-15,18H2,1H3,(H,29,39)(H2,30,31,32,33,34);4-7,12-13,17,35H,2-3,8-11,14-15H2,1H3,(H,27,37)(H2,28,29,30,31,32). The Morgan fingerprint density at radius 1 is 0.389 bits per heavy atom. The van der Waals surface area contributed by atoms with Crippen molar-refractivity contribution in [3.63, 3.8) is 0 Å². The zero-order chi connectivity index (χ0) is 88.1. The molecule has 11 N–H and O–H groups in total. The molecule has 6 fully saturated rings. The molecule has 0 spiro atoms. The number of nitrogens with zero attached hydrogens (tertiary/aromatic N) is 15. The molecule has 0 atom stereocenters. The second-order valence-corrected chi connectivity index (χ2v) is 33.1. The third kappa shape index (κ3) is 29.4. The number of nitrogens with one attached hydrogen (secondary N) is 9. The summed E-state index contributed by atoms with van der Waals surface area (Å²) in [4.78, 5) is 128. The van der Waals surface area contributed by atoms with E-state index in [0.717, 1.165) is 99.0 Å². The molecule has 0 bridgehead atoms. The van der Waals surface area contributed by atoms with Crippen molar-refractivity contribution in [1.82, 2.24) is 75.2 Å². The van der Waals surface area contributed by atoms with Crippen LogP contribution in [0.25, 0.3) is 0 Å². The topological polar surface area (TPSA) is 480 Å². The van der Waals surface area contributed by atoms with Gasteiger partial charge in [-0.15, -0.1) is 0 Å². The van der Waals surface area contributed by atoms with Gasteiger partial charge in [0.25, 0.3) is 0 Å². The first-order valence-electron chi connectivity index (χ1n) is 41.5. The Morgan fingerprint density at radius 2 is 0.714 bits per heavy atom. The van der Waals surface area contributed by atoms with Crippen LogP contribution in [0.3, 0.4) is 0 Å². The zero-order valence-corrected chi connectivity index (χ0v) is 72.8. The molecule has 3 aliphatic carbocycles. The van der Waals surface area contributed by atoms with Gasteiger partial charge in [0, 0.05) is 189 Å². The second-order valence-electron chi connectivity index (χ2n) is 30.0. The maximum absolute atomic E-state index is 12.7. The average Bonchev–Trinajstić information content (AvgIpc) is 0.980. The molecular formula is C83H104N24O16S3. The molecule has 9 aromatic rings. The largest absolute Gasteiger partial charge is 0.437 e. The lowest BCUT2D eigenvalue weighted by molar-refractivity contribution is -0.155. The Morgan fingerprint density at radius 3 is 1.02 bits per heavy atom. The van der Waals surface area contributed by atoms with E-state index in [9.17, 15) is 33.6 Å².